The van der Waals surface area contributed by atoms with Crippen molar-refractivity contribution < 1.29 is 4.39 Å². The minimum Gasteiger partial charge on any atom is -0.366 e. The van der Waals surface area contributed by atoms with Gasteiger partial charge in [0.15, 0.2) is 0 Å². The molecule has 0 radical (unpaired) electrons. The highest BCUT2D eigenvalue weighted by Crippen LogP contribution is 2.24. The van der Waals surface area contributed by atoms with Crippen molar-refractivity contribution in [1.82, 2.24) is 9.97 Å². The van der Waals surface area contributed by atoms with Crippen LogP contribution in [0.15, 0.2) is 30.6 Å². The van der Waals surface area contributed by atoms with E-state index in [9.17, 15) is 4.39 Å². The largest absolute Gasteiger partial charge is 0.366 e. The van der Waals surface area contributed by atoms with Crippen molar-refractivity contribution in [3.63, 3.8) is 0 Å². The molecule has 0 spiro atoms. The fraction of sp³-hybridized carbons (Fsp3) is 0.333. The van der Waals surface area contributed by atoms with Crippen molar-refractivity contribution in [2.24, 2.45) is 0 Å². The molecule has 0 amide bonds. The number of rotatable bonds is 3. The van der Waals surface area contributed by atoms with Crippen LogP contribution in [0, 0.1) is 5.82 Å². The van der Waals surface area contributed by atoms with E-state index in [1.807, 2.05) is 6.07 Å². The van der Waals surface area contributed by atoms with Gasteiger partial charge in [-0.05, 0) is 43.4 Å². The third-order valence-electron chi connectivity index (χ3n) is 3.47. The average molecular weight is 257 g/mol. The van der Waals surface area contributed by atoms with Gasteiger partial charge in [-0.2, -0.15) is 0 Å². The van der Waals surface area contributed by atoms with Gasteiger partial charge < -0.3 is 5.32 Å². The summed E-state index contributed by atoms with van der Waals surface area (Å²) in [5.41, 5.74) is 3.30. The highest BCUT2D eigenvalue weighted by molar-refractivity contribution is 5.47. The topological polar surface area (TPSA) is 37.8 Å². The highest BCUT2D eigenvalue weighted by atomic mass is 19.1. The van der Waals surface area contributed by atoms with Crippen molar-refractivity contribution in [2.75, 3.05) is 5.32 Å². The second-order valence-corrected chi connectivity index (χ2v) is 4.84. The summed E-state index contributed by atoms with van der Waals surface area (Å²) in [5, 5.41) is 3.30. The van der Waals surface area contributed by atoms with Crippen molar-refractivity contribution in [3.8, 4) is 0 Å². The number of nitrogens with zero attached hydrogens (tertiary/aromatic N) is 2. The lowest BCUT2D eigenvalue weighted by molar-refractivity contribution is 0.625. The van der Waals surface area contributed by atoms with Crippen LogP contribution in [0.4, 0.5) is 10.2 Å². The van der Waals surface area contributed by atoms with Crippen LogP contribution in [0.3, 0.4) is 0 Å². The molecule has 0 saturated carbocycles. The lowest BCUT2D eigenvalue weighted by Crippen LogP contribution is -2.12. The Balaban J connectivity index is 1.77. The summed E-state index contributed by atoms with van der Waals surface area (Å²) in [6.45, 7) is 0.585. The van der Waals surface area contributed by atoms with Gasteiger partial charge in [-0.25, -0.2) is 14.4 Å². The molecule has 1 aliphatic rings. The molecule has 0 saturated heterocycles. The van der Waals surface area contributed by atoms with E-state index in [1.54, 1.807) is 18.5 Å². The van der Waals surface area contributed by atoms with Gasteiger partial charge in [-0.15, -0.1) is 0 Å². The molecule has 4 heteroatoms. The van der Waals surface area contributed by atoms with Crippen molar-refractivity contribution in [2.45, 2.75) is 32.2 Å². The van der Waals surface area contributed by atoms with Crippen LogP contribution < -0.4 is 5.32 Å². The van der Waals surface area contributed by atoms with Gasteiger partial charge in [0.05, 0.1) is 0 Å². The quantitative estimate of drug-likeness (QED) is 0.918. The molecule has 0 bridgehead atoms. The number of aryl methyl sites for hydroxylation is 1. The average Bonchev–Trinajstić information content (AvgIpc) is 2.45. The van der Waals surface area contributed by atoms with Crippen LogP contribution in [0.5, 0.6) is 0 Å². The zero-order valence-electron chi connectivity index (χ0n) is 10.7. The first-order chi connectivity index (χ1) is 9.33. The minimum absolute atomic E-state index is 0.205. The van der Waals surface area contributed by atoms with Gasteiger partial charge in [-0.3, -0.25) is 0 Å². The maximum atomic E-state index is 13.1. The molecule has 1 N–H and O–H groups in total. The lowest BCUT2D eigenvalue weighted by Gasteiger charge is -2.18. The van der Waals surface area contributed by atoms with E-state index in [2.05, 4.69) is 15.3 Å². The zero-order chi connectivity index (χ0) is 13.1. The Morgan fingerprint density at radius 1 is 1.16 bits per heavy atom. The standard InChI is InChI=1S/C15H16FN3/c16-12-5-3-4-11(8-12)9-17-15-13-6-1-2-7-14(13)18-10-19-15/h3-5,8,10H,1-2,6-7,9H2,(H,17,18,19). The zero-order valence-corrected chi connectivity index (χ0v) is 10.7. The summed E-state index contributed by atoms with van der Waals surface area (Å²) >= 11 is 0. The SMILES string of the molecule is Fc1cccc(CNc2ncnc3c2CCCC3)c1. The molecule has 98 valence electrons. The molecule has 1 aromatic heterocycles. The van der Waals surface area contributed by atoms with Crippen LogP contribution in [-0.2, 0) is 19.4 Å². The first kappa shape index (κ1) is 12.1. The third-order valence-corrected chi connectivity index (χ3v) is 3.47. The molecule has 3 nitrogen and oxygen atoms in total. The molecule has 3 rings (SSSR count). The second kappa shape index (κ2) is 5.34. The molecule has 1 aromatic carbocycles. The van der Waals surface area contributed by atoms with Crippen LogP contribution in [0.1, 0.15) is 29.7 Å². The molecular formula is C15H16FN3. The Morgan fingerprint density at radius 2 is 2.05 bits per heavy atom. The number of nitrogens with one attached hydrogen (secondary N) is 1. The predicted octanol–water partition coefficient (Wildman–Crippen LogP) is 3.11. The summed E-state index contributed by atoms with van der Waals surface area (Å²) in [4.78, 5) is 8.65. The molecule has 0 unspecified atom stereocenters. The first-order valence-electron chi connectivity index (χ1n) is 6.64. The maximum Gasteiger partial charge on any atom is 0.133 e. The van der Waals surface area contributed by atoms with E-state index in [0.29, 0.717) is 6.54 Å². The molecule has 1 aliphatic carbocycles. The fourth-order valence-corrected chi connectivity index (χ4v) is 2.51. The summed E-state index contributed by atoms with van der Waals surface area (Å²) in [7, 11) is 0. The highest BCUT2D eigenvalue weighted by Gasteiger charge is 2.14. The lowest BCUT2D eigenvalue weighted by atomic mass is 9.96. The Kier molecular flexibility index (Phi) is 3.40. The third kappa shape index (κ3) is 2.72. The second-order valence-electron chi connectivity index (χ2n) is 4.84. The van der Waals surface area contributed by atoms with Crippen molar-refractivity contribution in [1.29, 1.82) is 0 Å². The van der Waals surface area contributed by atoms with Gasteiger partial charge in [0.2, 0.25) is 0 Å². The molecule has 0 aliphatic heterocycles. The van der Waals surface area contributed by atoms with Crippen molar-refractivity contribution in [3.05, 3.63) is 53.2 Å². The summed E-state index contributed by atoms with van der Waals surface area (Å²) < 4.78 is 13.1. The maximum absolute atomic E-state index is 13.1. The summed E-state index contributed by atoms with van der Waals surface area (Å²) in [5.74, 6) is 0.693. The van der Waals surface area contributed by atoms with E-state index in [4.69, 9.17) is 0 Å². The fourth-order valence-electron chi connectivity index (χ4n) is 2.51. The molecule has 0 fully saturated rings. The van der Waals surface area contributed by atoms with Gasteiger partial charge in [0, 0.05) is 17.8 Å². The Hall–Kier alpha value is -1.97. The van der Waals surface area contributed by atoms with E-state index in [1.165, 1.54) is 24.5 Å². The van der Waals surface area contributed by atoms with Gasteiger partial charge >= 0.3 is 0 Å². The number of fused-ring (bicyclic) bond motifs is 1. The van der Waals surface area contributed by atoms with E-state index < -0.39 is 0 Å². The Bertz CT molecular complexity index is 583. The van der Waals surface area contributed by atoms with E-state index in [-0.39, 0.29) is 5.82 Å². The number of benzene rings is 1. The summed E-state index contributed by atoms with van der Waals surface area (Å²) in [6, 6.07) is 6.63. The monoisotopic (exact) mass is 257 g/mol. The number of hydrogen-bond acceptors (Lipinski definition) is 3. The summed E-state index contributed by atoms with van der Waals surface area (Å²) in [6.07, 6.45) is 6.06. The number of anilines is 1. The molecule has 2 aromatic rings. The Labute approximate surface area is 111 Å². The molecule has 0 atom stereocenters. The van der Waals surface area contributed by atoms with E-state index in [0.717, 1.165) is 29.9 Å². The number of aromatic nitrogens is 2. The molecule has 19 heavy (non-hydrogen) atoms. The van der Waals surface area contributed by atoms with Crippen molar-refractivity contribution >= 4 is 5.82 Å². The van der Waals surface area contributed by atoms with Crippen LogP contribution in [-0.4, -0.2) is 9.97 Å². The first-order valence-corrected chi connectivity index (χ1v) is 6.64. The normalized spacial score (nSPS) is 13.9. The Morgan fingerprint density at radius 3 is 2.95 bits per heavy atom. The van der Waals surface area contributed by atoms with E-state index >= 15 is 0 Å². The number of halogens is 1. The van der Waals surface area contributed by atoms with Crippen LogP contribution in [0.25, 0.3) is 0 Å². The van der Waals surface area contributed by atoms with Gasteiger partial charge in [0.1, 0.15) is 18.0 Å². The predicted molar refractivity (Wildman–Crippen MR) is 72.4 cm³/mol. The van der Waals surface area contributed by atoms with Gasteiger partial charge in [0.25, 0.3) is 0 Å². The van der Waals surface area contributed by atoms with Gasteiger partial charge in [-0.1, -0.05) is 12.1 Å². The molecular weight excluding hydrogens is 241 g/mol. The smallest absolute Gasteiger partial charge is 0.133 e. The molecule has 1 heterocycles. The minimum atomic E-state index is -0.205. The van der Waals surface area contributed by atoms with Crippen LogP contribution >= 0.6 is 0 Å². The number of hydrogen-bond donors (Lipinski definition) is 1. The van der Waals surface area contributed by atoms with Crippen LogP contribution in [0.2, 0.25) is 0 Å².